The lowest BCUT2D eigenvalue weighted by molar-refractivity contribution is 0.293. The minimum Gasteiger partial charge on any atom is -0.287 e. The second-order valence-electron chi connectivity index (χ2n) is 4.59. The SMILES string of the molecule is CC(C)c1nn(C)cc1CN(C)C(C)C#N. The Balaban J connectivity index is 2.85. The predicted molar refractivity (Wildman–Crippen MR) is 63.8 cm³/mol. The van der Waals surface area contributed by atoms with Gasteiger partial charge in [0.1, 0.15) is 0 Å². The number of hydrogen-bond acceptors (Lipinski definition) is 3. The van der Waals surface area contributed by atoms with Gasteiger partial charge >= 0.3 is 0 Å². The van der Waals surface area contributed by atoms with Crippen molar-refractivity contribution in [2.24, 2.45) is 7.05 Å². The van der Waals surface area contributed by atoms with Crippen LogP contribution in [0.2, 0.25) is 0 Å². The highest BCUT2D eigenvalue weighted by Gasteiger charge is 2.15. The Bertz CT molecular complexity index is 386. The van der Waals surface area contributed by atoms with E-state index in [9.17, 15) is 0 Å². The third kappa shape index (κ3) is 2.83. The molecular weight excluding hydrogens is 200 g/mol. The molecule has 1 atom stereocenters. The molecule has 0 aliphatic heterocycles. The molecule has 1 heterocycles. The van der Waals surface area contributed by atoms with Crippen LogP contribution in [0.25, 0.3) is 0 Å². The number of aryl methyl sites for hydroxylation is 1. The van der Waals surface area contributed by atoms with E-state index in [-0.39, 0.29) is 6.04 Å². The van der Waals surface area contributed by atoms with Crippen LogP contribution in [0.5, 0.6) is 0 Å². The lowest BCUT2D eigenvalue weighted by atomic mass is 10.1. The first-order chi connectivity index (χ1) is 7.45. The van der Waals surface area contributed by atoms with Crippen LogP contribution >= 0.6 is 0 Å². The van der Waals surface area contributed by atoms with Crippen molar-refractivity contribution in [2.45, 2.75) is 39.3 Å². The monoisotopic (exact) mass is 220 g/mol. The minimum absolute atomic E-state index is 0.0692. The van der Waals surface area contributed by atoms with Crippen molar-refractivity contribution >= 4 is 0 Å². The molecule has 1 aromatic rings. The fraction of sp³-hybridized carbons (Fsp3) is 0.667. The van der Waals surface area contributed by atoms with Gasteiger partial charge in [0.05, 0.1) is 17.8 Å². The average Bonchev–Trinajstić information content (AvgIpc) is 2.58. The van der Waals surface area contributed by atoms with Crippen molar-refractivity contribution in [1.82, 2.24) is 14.7 Å². The third-order valence-corrected chi connectivity index (χ3v) is 2.75. The molecular formula is C12H20N4. The van der Waals surface area contributed by atoms with Crippen molar-refractivity contribution in [3.05, 3.63) is 17.5 Å². The normalized spacial score (nSPS) is 13.1. The van der Waals surface area contributed by atoms with Crippen LogP contribution in [0.15, 0.2) is 6.20 Å². The van der Waals surface area contributed by atoms with E-state index in [1.54, 1.807) is 0 Å². The van der Waals surface area contributed by atoms with Crippen molar-refractivity contribution in [2.75, 3.05) is 7.05 Å². The molecule has 4 nitrogen and oxygen atoms in total. The van der Waals surface area contributed by atoms with Gasteiger partial charge in [0.2, 0.25) is 0 Å². The maximum absolute atomic E-state index is 8.85. The molecule has 0 aliphatic carbocycles. The summed E-state index contributed by atoms with van der Waals surface area (Å²) in [5, 5.41) is 13.3. The van der Waals surface area contributed by atoms with Gasteiger partial charge in [-0.3, -0.25) is 9.58 Å². The molecule has 0 N–H and O–H groups in total. The Hall–Kier alpha value is -1.34. The molecule has 0 saturated heterocycles. The lowest BCUT2D eigenvalue weighted by Crippen LogP contribution is -2.27. The summed E-state index contributed by atoms with van der Waals surface area (Å²) < 4.78 is 1.84. The van der Waals surface area contributed by atoms with Crippen LogP contribution in [0.3, 0.4) is 0 Å². The van der Waals surface area contributed by atoms with E-state index >= 15 is 0 Å². The van der Waals surface area contributed by atoms with Crippen LogP contribution in [-0.4, -0.2) is 27.8 Å². The van der Waals surface area contributed by atoms with E-state index in [4.69, 9.17) is 5.26 Å². The molecule has 0 radical (unpaired) electrons. The largest absolute Gasteiger partial charge is 0.287 e. The summed E-state index contributed by atoms with van der Waals surface area (Å²) in [6.45, 7) is 6.96. The van der Waals surface area contributed by atoms with Gasteiger partial charge in [0, 0.05) is 25.4 Å². The quantitative estimate of drug-likeness (QED) is 0.778. The number of rotatable bonds is 4. The molecule has 4 heteroatoms. The summed E-state index contributed by atoms with van der Waals surface area (Å²) in [5.74, 6) is 0.419. The molecule has 0 amide bonds. The number of aromatic nitrogens is 2. The third-order valence-electron chi connectivity index (χ3n) is 2.75. The van der Waals surface area contributed by atoms with Crippen LogP contribution in [0, 0.1) is 11.3 Å². The number of nitriles is 1. The standard InChI is InChI=1S/C12H20N4/c1-9(2)12-11(8-16(5)14-12)7-15(4)10(3)6-13/h8-10H,7H2,1-5H3. The molecule has 0 saturated carbocycles. The lowest BCUT2D eigenvalue weighted by Gasteiger charge is -2.19. The maximum atomic E-state index is 8.85. The van der Waals surface area contributed by atoms with Gasteiger partial charge < -0.3 is 0 Å². The van der Waals surface area contributed by atoms with Crippen LogP contribution in [0.1, 0.15) is 37.9 Å². The predicted octanol–water partition coefficient (Wildman–Crippen LogP) is 1.89. The maximum Gasteiger partial charge on any atom is 0.0949 e. The first-order valence-corrected chi connectivity index (χ1v) is 5.58. The molecule has 16 heavy (non-hydrogen) atoms. The van der Waals surface area contributed by atoms with Crippen LogP contribution in [0.4, 0.5) is 0 Å². The topological polar surface area (TPSA) is 44.9 Å². The fourth-order valence-electron chi connectivity index (χ4n) is 1.67. The zero-order valence-corrected chi connectivity index (χ0v) is 10.7. The summed E-state index contributed by atoms with van der Waals surface area (Å²) in [6.07, 6.45) is 2.04. The Morgan fingerprint density at radius 3 is 2.62 bits per heavy atom. The summed E-state index contributed by atoms with van der Waals surface area (Å²) in [4.78, 5) is 2.03. The van der Waals surface area contributed by atoms with Gasteiger partial charge in [0.15, 0.2) is 0 Å². The van der Waals surface area contributed by atoms with E-state index in [2.05, 4.69) is 25.0 Å². The average molecular weight is 220 g/mol. The molecule has 0 fully saturated rings. The highest BCUT2D eigenvalue weighted by Crippen LogP contribution is 2.19. The van der Waals surface area contributed by atoms with E-state index in [1.807, 2.05) is 36.8 Å². The molecule has 0 spiro atoms. The molecule has 88 valence electrons. The van der Waals surface area contributed by atoms with E-state index < -0.39 is 0 Å². The summed E-state index contributed by atoms with van der Waals surface area (Å²) in [5.41, 5.74) is 2.33. The molecule has 1 rings (SSSR count). The van der Waals surface area contributed by atoms with Gasteiger partial charge in [-0.05, 0) is 19.9 Å². The van der Waals surface area contributed by atoms with Crippen molar-refractivity contribution in [1.29, 1.82) is 5.26 Å². The first kappa shape index (κ1) is 12.7. The summed E-state index contributed by atoms with van der Waals surface area (Å²) in [7, 11) is 3.90. The second-order valence-corrected chi connectivity index (χ2v) is 4.59. The Morgan fingerprint density at radius 1 is 1.50 bits per heavy atom. The highest BCUT2D eigenvalue weighted by molar-refractivity contribution is 5.20. The molecule has 1 aromatic heterocycles. The smallest absolute Gasteiger partial charge is 0.0949 e. The molecule has 1 unspecified atom stereocenters. The fourth-order valence-corrected chi connectivity index (χ4v) is 1.67. The highest BCUT2D eigenvalue weighted by atomic mass is 15.3. The Morgan fingerprint density at radius 2 is 2.12 bits per heavy atom. The molecule has 0 aromatic carbocycles. The Labute approximate surface area is 97.5 Å². The van der Waals surface area contributed by atoms with Gasteiger partial charge in [-0.25, -0.2) is 0 Å². The Kier molecular flexibility index (Phi) is 4.08. The van der Waals surface area contributed by atoms with Crippen molar-refractivity contribution < 1.29 is 0 Å². The van der Waals surface area contributed by atoms with Crippen molar-refractivity contribution in [3.63, 3.8) is 0 Å². The first-order valence-electron chi connectivity index (χ1n) is 5.58. The van der Waals surface area contributed by atoms with Gasteiger partial charge in [-0.15, -0.1) is 0 Å². The van der Waals surface area contributed by atoms with Crippen LogP contribution in [-0.2, 0) is 13.6 Å². The molecule has 0 bridgehead atoms. The molecule has 0 aliphatic rings. The van der Waals surface area contributed by atoms with Gasteiger partial charge in [-0.2, -0.15) is 10.4 Å². The summed E-state index contributed by atoms with van der Waals surface area (Å²) >= 11 is 0. The number of nitrogens with zero attached hydrogens (tertiary/aromatic N) is 4. The number of hydrogen-bond donors (Lipinski definition) is 0. The summed E-state index contributed by atoms with van der Waals surface area (Å²) in [6, 6.07) is 2.17. The van der Waals surface area contributed by atoms with Crippen molar-refractivity contribution in [3.8, 4) is 6.07 Å². The minimum atomic E-state index is -0.0692. The van der Waals surface area contributed by atoms with Crippen LogP contribution < -0.4 is 0 Å². The zero-order chi connectivity index (χ0) is 12.3. The van der Waals surface area contributed by atoms with Gasteiger partial charge in [0.25, 0.3) is 0 Å². The van der Waals surface area contributed by atoms with E-state index in [0.717, 1.165) is 12.2 Å². The second kappa shape index (κ2) is 5.13. The van der Waals surface area contributed by atoms with E-state index in [1.165, 1.54) is 5.56 Å². The van der Waals surface area contributed by atoms with Gasteiger partial charge in [-0.1, -0.05) is 13.8 Å². The van der Waals surface area contributed by atoms with E-state index in [0.29, 0.717) is 5.92 Å². The zero-order valence-electron chi connectivity index (χ0n) is 10.7.